The molecule has 1 N–H and O–H groups in total. The Kier molecular flexibility index (Phi) is 4.51. The van der Waals surface area contributed by atoms with Gasteiger partial charge in [0.15, 0.2) is 0 Å². The first-order valence-corrected chi connectivity index (χ1v) is 7.80. The summed E-state index contributed by atoms with van der Waals surface area (Å²) < 4.78 is 0. The number of aromatic nitrogens is 1. The molecule has 0 bridgehead atoms. The second-order valence-corrected chi connectivity index (χ2v) is 5.75. The van der Waals surface area contributed by atoms with Gasteiger partial charge < -0.3 is 10.2 Å². The Morgan fingerprint density at radius 2 is 1.76 bits per heavy atom. The van der Waals surface area contributed by atoms with Crippen LogP contribution in [0.3, 0.4) is 0 Å². The van der Waals surface area contributed by atoms with Gasteiger partial charge in [-0.15, -0.1) is 0 Å². The third kappa shape index (κ3) is 3.61. The first kappa shape index (κ1) is 14.1. The highest BCUT2D eigenvalue weighted by Crippen LogP contribution is 2.20. The highest BCUT2D eigenvalue weighted by molar-refractivity contribution is 5.38. The molecule has 0 unspecified atom stereocenters. The number of nitrogens with zero attached hydrogens (tertiary/aromatic N) is 2. The molecule has 1 aromatic carbocycles. The summed E-state index contributed by atoms with van der Waals surface area (Å²) in [5.41, 5.74) is 1.37. The van der Waals surface area contributed by atoms with E-state index in [4.69, 9.17) is 0 Å². The van der Waals surface area contributed by atoms with E-state index in [2.05, 4.69) is 64.6 Å². The van der Waals surface area contributed by atoms with Crippen LogP contribution < -0.4 is 10.2 Å². The van der Waals surface area contributed by atoms with Gasteiger partial charge in [0, 0.05) is 31.4 Å². The van der Waals surface area contributed by atoms with Gasteiger partial charge in [-0.2, -0.15) is 0 Å². The van der Waals surface area contributed by atoms with E-state index in [-0.39, 0.29) is 0 Å². The van der Waals surface area contributed by atoms with Gasteiger partial charge in [-0.3, -0.25) is 0 Å². The van der Waals surface area contributed by atoms with Crippen LogP contribution in [0.2, 0.25) is 0 Å². The summed E-state index contributed by atoms with van der Waals surface area (Å²) in [5, 5.41) is 3.76. The minimum atomic E-state index is 0.414. The number of piperidine rings is 1. The number of anilines is 1. The third-order valence-corrected chi connectivity index (χ3v) is 4.25. The standard InChI is InChI=1S/C18H23N3/c1-15(16-7-3-2-4-8-16)20-17-10-13-21(14-11-17)18-9-5-6-12-19-18/h2-9,12,15,17,20H,10-11,13-14H2,1H3/t15-/m1/s1. The molecule has 0 saturated carbocycles. The van der Waals surface area contributed by atoms with Crippen LogP contribution in [0.5, 0.6) is 0 Å². The van der Waals surface area contributed by atoms with E-state index < -0.39 is 0 Å². The molecular formula is C18H23N3. The first-order valence-electron chi connectivity index (χ1n) is 7.80. The number of rotatable bonds is 4. The van der Waals surface area contributed by atoms with Crippen molar-refractivity contribution in [3.63, 3.8) is 0 Å². The molecule has 2 heterocycles. The summed E-state index contributed by atoms with van der Waals surface area (Å²) in [7, 11) is 0. The molecule has 0 aliphatic carbocycles. The third-order valence-electron chi connectivity index (χ3n) is 4.25. The molecule has 1 fully saturated rings. The minimum Gasteiger partial charge on any atom is -0.357 e. The zero-order valence-electron chi connectivity index (χ0n) is 12.6. The second kappa shape index (κ2) is 6.72. The molecule has 3 nitrogen and oxygen atoms in total. The van der Waals surface area contributed by atoms with Gasteiger partial charge in [-0.05, 0) is 37.5 Å². The zero-order chi connectivity index (χ0) is 14.5. The average molecular weight is 281 g/mol. The van der Waals surface area contributed by atoms with E-state index in [1.54, 1.807) is 0 Å². The second-order valence-electron chi connectivity index (χ2n) is 5.75. The molecule has 1 saturated heterocycles. The van der Waals surface area contributed by atoms with Crippen molar-refractivity contribution in [1.29, 1.82) is 0 Å². The highest BCUT2D eigenvalue weighted by atomic mass is 15.2. The lowest BCUT2D eigenvalue weighted by atomic mass is 10.0. The Balaban J connectivity index is 1.52. The molecule has 0 radical (unpaired) electrons. The molecule has 21 heavy (non-hydrogen) atoms. The van der Waals surface area contributed by atoms with Crippen molar-refractivity contribution in [3.05, 3.63) is 60.3 Å². The van der Waals surface area contributed by atoms with E-state index in [9.17, 15) is 0 Å². The molecule has 0 spiro atoms. The predicted molar refractivity (Wildman–Crippen MR) is 87.5 cm³/mol. The van der Waals surface area contributed by atoms with Crippen molar-refractivity contribution in [3.8, 4) is 0 Å². The number of benzene rings is 1. The van der Waals surface area contributed by atoms with Gasteiger partial charge in [0.2, 0.25) is 0 Å². The van der Waals surface area contributed by atoms with E-state index in [0.29, 0.717) is 12.1 Å². The fraction of sp³-hybridized carbons (Fsp3) is 0.389. The van der Waals surface area contributed by atoms with Gasteiger partial charge in [-0.25, -0.2) is 4.98 Å². The summed E-state index contributed by atoms with van der Waals surface area (Å²) >= 11 is 0. The molecule has 1 atom stereocenters. The lowest BCUT2D eigenvalue weighted by molar-refractivity contribution is 0.380. The van der Waals surface area contributed by atoms with Gasteiger partial charge in [0.1, 0.15) is 5.82 Å². The Bertz CT molecular complexity index is 533. The lowest BCUT2D eigenvalue weighted by Crippen LogP contribution is -2.43. The Hall–Kier alpha value is -1.87. The fourth-order valence-corrected chi connectivity index (χ4v) is 3.01. The van der Waals surface area contributed by atoms with Crippen molar-refractivity contribution >= 4 is 5.82 Å². The van der Waals surface area contributed by atoms with Crippen LogP contribution >= 0.6 is 0 Å². The van der Waals surface area contributed by atoms with E-state index in [1.807, 2.05) is 12.3 Å². The molecule has 3 heteroatoms. The zero-order valence-corrected chi connectivity index (χ0v) is 12.6. The summed E-state index contributed by atoms with van der Waals surface area (Å²) in [5.74, 6) is 1.10. The molecule has 3 rings (SSSR count). The maximum atomic E-state index is 4.44. The van der Waals surface area contributed by atoms with E-state index in [1.165, 1.54) is 18.4 Å². The Labute approximate surface area is 127 Å². The first-order chi connectivity index (χ1) is 10.3. The summed E-state index contributed by atoms with van der Waals surface area (Å²) in [6, 6.07) is 17.8. The summed E-state index contributed by atoms with van der Waals surface area (Å²) in [6.07, 6.45) is 4.22. The highest BCUT2D eigenvalue weighted by Gasteiger charge is 2.21. The minimum absolute atomic E-state index is 0.414. The molecule has 1 aliphatic heterocycles. The smallest absolute Gasteiger partial charge is 0.128 e. The molecule has 2 aromatic rings. The van der Waals surface area contributed by atoms with Crippen LogP contribution in [0.25, 0.3) is 0 Å². The maximum absolute atomic E-state index is 4.44. The van der Waals surface area contributed by atoms with Crippen molar-refractivity contribution in [1.82, 2.24) is 10.3 Å². The van der Waals surface area contributed by atoms with E-state index in [0.717, 1.165) is 18.9 Å². The number of hydrogen-bond acceptors (Lipinski definition) is 3. The molecule has 1 aliphatic rings. The SMILES string of the molecule is C[C@@H](NC1CCN(c2ccccn2)CC1)c1ccccc1. The normalized spacial score (nSPS) is 17.7. The van der Waals surface area contributed by atoms with Crippen LogP contribution in [-0.2, 0) is 0 Å². The quantitative estimate of drug-likeness (QED) is 0.931. The van der Waals surface area contributed by atoms with Gasteiger partial charge >= 0.3 is 0 Å². The van der Waals surface area contributed by atoms with Crippen LogP contribution in [0, 0.1) is 0 Å². The number of hydrogen-bond donors (Lipinski definition) is 1. The molecule has 110 valence electrons. The largest absolute Gasteiger partial charge is 0.357 e. The fourth-order valence-electron chi connectivity index (χ4n) is 3.01. The molecule has 0 amide bonds. The summed E-state index contributed by atoms with van der Waals surface area (Å²) in [6.45, 7) is 4.41. The predicted octanol–water partition coefficient (Wildman–Crippen LogP) is 3.40. The van der Waals surface area contributed by atoms with Crippen LogP contribution in [0.15, 0.2) is 54.7 Å². The molecular weight excluding hydrogens is 258 g/mol. The number of pyridine rings is 1. The summed E-state index contributed by atoms with van der Waals surface area (Å²) in [4.78, 5) is 6.82. The van der Waals surface area contributed by atoms with E-state index >= 15 is 0 Å². The van der Waals surface area contributed by atoms with Gasteiger partial charge in [0.25, 0.3) is 0 Å². The van der Waals surface area contributed by atoms with Crippen molar-refractivity contribution in [2.75, 3.05) is 18.0 Å². The molecule has 1 aromatic heterocycles. The van der Waals surface area contributed by atoms with Crippen molar-refractivity contribution < 1.29 is 0 Å². The van der Waals surface area contributed by atoms with Crippen LogP contribution in [0.1, 0.15) is 31.4 Å². The van der Waals surface area contributed by atoms with Gasteiger partial charge in [0.05, 0.1) is 0 Å². The topological polar surface area (TPSA) is 28.2 Å². The Morgan fingerprint density at radius 1 is 1.05 bits per heavy atom. The maximum Gasteiger partial charge on any atom is 0.128 e. The van der Waals surface area contributed by atoms with Crippen molar-refractivity contribution in [2.24, 2.45) is 0 Å². The van der Waals surface area contributed by atoms with Crippen LogP contribution in [-0.4, -0.2) is 24.1 Å². The van der Waals surface area contributed by atoms with Gasteiger partial charge in [-0.1, -0.05) is 36.4 Å². The van der Waals surface area contributed by atoms with Crippen molar-refractivity contribution in [2.45, 2.75) is 31.8 Å². The average Bonchev–Trinajstić information content (AvgIpc) is 2.57. The number of nitrogens with one attached hydrogen (secondary N) is 1. The Morgan fingerprint density at radius 3 is 2.43 bits per heavy atom. The monoisotopic (exact) mass is 281 g/mol. The van der Waals surface area contributed by atoms with Crippen LogP contribution in [0.4, 0.5) is 5.82 Å². The lowest BCUT2D eigenvalue weighted by Gasteiger charge is -2.34.